The molecule has 0 aromatic carbocycles. The molecule has 1 aliphatic rings. The van der Waals surface area contributed by atoms with Gasteiger partial charge in [0.15, 0.2) is 5.78 Å². The highest BCUT2D eigenvalue weighted by Gasteiger charge is 2.22. The van der Waals surface area contributed by atoms with Crippen LogP contribution in [-0.4, -0.2) is 41.5 Å². The molecule has 1 aliphatic heterocycles. The normalized spacial score (nSPS) is 21.5. The number of aliphatic hydroxyl groups is 1. The Morgan fingerprint density at radius 2 is 2.44 bits per heavy atom. The van der Waals surface area contributed by atoms with E-state index in [0.29, 0.717) is 13.1 Å². The number of aliphatic hydroxyl groups excluding tert-OH is 1. The highest BCUT2D eigenvalue weighted by molar-refractivity contribution is 7.14. The molecule has 0 bridgehead atoms. The zero-order valence-electron chi connectivity index (χ0n) is 9.48. The maximum Gasteiger partial charge on any atom is 0.186 e. The van der Waals surface area contributed by atoms with Gasteiger partial charge in [0.2, 0.25) is 0 Å². The Labute approximate surface area is 99.7 Å². The third kappa shape index (κ3) is 2.70. The van der Waals surface area contributed by atoms with Gasteiger partial charge in [0.25, 0.3) is 0 Å². The van der Waals surface area contributed by atoms with Crippen molar-refractivity contribution in [3.8, 4) is 0 Å². The molecule has 1 unspecified atom stereocenters. The van der Waals surface area contributed by atoms with E-state index in [4.69, 9.17) is 0 Å². The maximum absolute atomic E-state index is 11.9. The van der Waals surface area contributed by atoms with Gasteiger partial charge in [-0.3, -0.25) is 9.69 Å². The van der Waals surface area contributed by atoms with Crippen molar-refractivity contribution in [3.63, 3.8) is 0 Å². The summed E-state index contributed by atoms with van der Waals surface area (Å²) < 4.78 is 0. The fourth-order valence-electron chi connectivity index (χ4n) is 1.95. The topological polar surface area (TPSA) is 40.5 Å². The van der Waals surface area contributed by atoms with Gasteiger partial charge in [0.1, 0.15) is 0 Å². The molecule has 4 heteroatoms. The van der Waals surface area contributed by atoms with E-state index < -0.39 is 0 Å². The van der Waals surface area contributed by atoms with Crippen molar-refractivity contribution in [2.75, 3.05) is 19.6 Å². The predicted molar refractivity (Wildman–Crippen MR) is 65.1 cm³/mol. The lowest BCUT2D eigenvalue weighted by atomic mass is 10.3. The third-order valence-electron chi connectivity index (χ3n) is 2.90. The van der Waals surface area contributed by atoms with Crippen molar-refractivity contribution in [1.82, 2.24) is 4.90 Å². The van der Waals surface area contributed by atoms with Crippen LogP contribution in [0.1, 0.15) is 27.9 Å². The summed E-state index contributed by atoms with van der Waals surface area (Å²) in [5.74, 6) is 0.179. The van der Waals surface area contributed by atoms with Crippen molar-refractivity contribution in [1.29, 1.82) is 0 Å². The summed E-state index contributed by atoms with van der Waals surface area (Å²) in [5, 5.41) is 9.37. The van der Waals surface area contributed by atoms with Gasteiger partial charge in [0.05, 0.1) is 17.5 Å². The minimum atomic E-state index is -0.248. The number of likely N-dealkylation sites (tertiary alicyclic amines) is 1. The fraction of sp³-hybridized carbons (Fsp3) is 0.583. The lowest BCUT2D eigenvalue weighted by molar-refractivity contribution is 0.0939. The molecule has 1 aromatic rings. The molecule has 16 heavy (non-hydrogen) atoms. The number of Topliss-reactive ketones (excluding diaryl/α,β-unsaturated/α-hetero) is 1. The standard InChI is InChI=1S/C12H17NO2S/c1-2-10-3-4-12(16-10)11(15)8-13-6-5-9(14)7-13/h3-4,9,14H,2,5-8H2,1H3. The molecule has 1 aromatic heterocycles. The van der Waals surface area contributed by atoms with Crippen LogP contribution in [0.4, 0.5) is 0 Å². The van der Waals surface area contributed by atoms with Gasteiger partial charge in [-0.15, -0.1) is 11.3 Å². The second-order valence-corrected chi connectivity index (χ2v) is 5.39. The largest absolute Gasteiger partial charge is 0.392 e. The fourth-order valence-corrected chi connectivity index (χ4v) is 2.83. The minimum absolute atomic E-state index is 0.179. The predicted octanol–water partition coefficient (Wildman–Crippen LogP) is 1.56. The zero-order valence-corrected chi connectivity index (χ0v) is 10.3. The highest BCUT2D eigenvalue weighted by Crippen LogP contribution is 2.18. The number of ketones is 1. The van der Waals surface area contributed by atoms with Crippen LogP contribution in [0.3, 0.4) is 0 Å². The van der Waals surface area contributed by atoms with Gasteiger partial charge in [-0.05, 0) is 25.0 Å². The SMILES string of the molecule is CCc1ccc(C(=O)CN2CCC(O)C2)s1. The number of nitrogens with zero attached hydrogens (tertiary/aromatic N) is 1. The van der Waals surface area contributed by atoms with Crippen LogP contribution in [0.15, 0.2) is 12.1 Å². The highest BCUT2D eigenvalue weighted by atomic mass is 32.1. The van der Waals surface area contributed by atoms with Crippen molar-refractivity contribution >= 4 is 17.1 Å². The Morgan fingerprint density at radius 1 is 1.62 bits per heavy atom. The number of carbonyl (C=O) groups excluding carboxylic acids is 1. The van der Waals surface area contributed by atoms with Gasteiger partial charge >= 0.3 is 0 Å². The quantitative estimate of drug-likeness (QED) is 0.811. The molecule has 1 atom stereocenters. The number of aryl methyl sites for hydroxylation is 1. The minimum Gasteiger partial charge on any atom is -0.392 e. The Bertz CT molecular complexity index is 375. The van der Waals surface area contributed by atoms with Crippen LogP contribution in [0.25, 0.3) is 0 Å². The summed E-state index contributed by atoms with van der Waals surface area (Å²) in [6.07, 6.45) is 1.53. The Balaban J connectivity index is 1.92. The number of hydrogen-bond donors (Lipinski definition) is 1. The number of β-amino-alcohol motifs (C(OH)–C–C–N with tert-alkyl or cyclic N) is 1. The number of carbonyl (C=O) groups is 1. The molecule has 1 fully saturated rings. The van der Waals surface area contributed by atoms with E-state index in [1.807, 2.05) is 17.0 Å². The van der Waals surface area contributed by atoms with Crippen LogP contribution in [0.2, 0.25) is 0 Å². The maximum atomic E-state index is 11.9. The van der Waals surface area contributed by atoms with E-state index in [2.05, 4.69) is 6.92 Å². The van der Waals surface area contributed by atoms with E-state index in [1.165, 1.54) is 4.88 Å². The second-order valence-electron chi connectivity index (χ2n) is 4.22. The van der Waals surface area contributed by atoms with Crippen molar-refractivity contribution in [3.05, 3.63) is 21.9 Å². The van der Waals surface area contributed by atoms with Gasteiger partial charge < -0.3 is 5.11 Å². The third-order valence-corrected chi connectivity index (χ3v) is 4.17. The Kier molecular flexibility index (Phi) is 3.74. The average molecular weight is 239 g/mol. The van der Waals surface area contributed by atoms with E-state index >= 15 is 0 Å². The molecule has 2 heterocycles. The molecule has 2 rings (SSSR count). The number of rotatable bonds is 4. The molecular formula is C12H17NO2S. The number of hydrogen-bond acceptors (Lipinski definition) is 4. The lowest BCUT2D eigenvalue weighted by Crippen LogP contribution is -2.28. The van der Waals surface area contributed by atoms with Crippen LogP contribution >= 0.6 is 11.3 Å². The number of thiophene rings is 1. The molecule has 1 N–H and O–H groups in total. The second kappa shape index (κ2) is 5.08. The lowest BCUT2D eigenvalue weighted by Gasteiger charge is -2.12. The molecule has 0 spiro atoms. The van der Waals surface area contributed by atoms with E-state index in [1.54, 1.807) is 11.3 Å². The van der Waals surface area contributed by atoms with E-state index in [0.717, 1.165) is 24.3 Å². The molecule has 0 radical (unpaired) electrons. The van der Waals surface area contributed by atoms with Crippen molar-refractivity contribution < 1.29 is 9.90 Å². The molecule has 0 amide bonds. The van der Waals surface area contributed by atoms with Crippen LogP contribution in [-0.2, 0) is 6.42 Å². The molecule has 0 saturated carbocycles. The summed E-state index contributed by atoms with van der Waals surface area (Å²) in [5.41, 5.74) is 0. The summed E-state index contributed by atoms with van der Waals surface area (Å²) in [6.45, 7) is 4.01. The molecule has 0 aliphatic carbocycles. The monoisotopic (exact) mass is 239 g/mol. The first-order chi connectivity index (χ1) is 7.69. The summed E-state index contributed by atoms with van der Waals surface area (Å²) >= 11 is 1.59. The van der Waals surface area contributed by atoms with E-state index in [9.17, 15) is 9.90 Å². The molecule has 1 saturated heterocycles. The van der Waals surface area contributed by atoms with Gasteiger partial charge in [-0.25, -0.2) is 0 Å². The van der Waals surface area contributed by atoms with Crippen LogP contribution in [0.5, 0.6) is 0 Å². The summed E-state index contributed by atoms with van der Waals surface area (Å²) in [7, 11) is 0. The molecule has 88 valence electrons. The summed E-state index contributed by atoms with van der Waals surface area (Å²) in [4.78, 5) is 16.0. The Hall–Kier alpha value is -0.710. The zero-order chi connectivity index (χ0) is 11.5. The van der Waals surface area contributed by atoms with E-state index in [-0.39, 0.29) is 11.9 Å². The average Bonchev–Trinajstić information content (AvgIpc) is 2.87. The Morgan fingerprint density at radius 3 is 3.00 bits per heavy atom. The van der Waals surface area contributed by atoms with Crippen molar-refractivity contribution in [2.24, 2.45) is 0 Å². The van der Waals surface area contributed by atoms with Gasteiger partial charge in [-0.1, -0.05) is 6.92 Å². The van der Waals surface area contributed by atoms with Gasteiger partial charge in [0, 0.05) is 18.0 Å². The van der Waals surface area contributed by atoms with Crippen molar-refractivity contribution in [2.45, 2.75) is 25.9 Å². The smallest absolute Gasteiger partial charge is 0.186 e. The first kappa shape index (κ1) is 11.8. The molecule has 3 nitrogen and oxygen atoms in total. The first-order valence-electron chi connectivity index (χ1n) is 5.71. The summed E-state index contributed by atoms with van der Waals surface area (Å²) in [6, 6.07) is 3.94. The molecular weight excluding hydrogens is 222 g/mol. The van der Waals surface area contributed by atoms with Gasteiger partial charge in [-0.2, -0.15) is 0 Å². The van der Waals surface area contributed by atoms with Crippen LogP contribution in [0, 0.1) is 0 Å². The van der Waals surface area contributed by atoms with Crippen LogP contribution < -0.4 is 0 Å². The first-order valence-corrected chi connectivity index (χ1v) is 6.53.